The third kappa shape index (κ3) is 6.51. The third-order valence-corrected chi connectivity index (χ3v) is 7.92. The van der Waals surface area contributed by atoms with E-state index >= 15 is 0 Å². The van der Waals surface area contributed by atoms with Gasteiger partial charge in [0.1, 0.15) is 0 Å². The molecular weight excluding hydrogens is 543 g/mol. The molecule has 0 spiro atoms. The van der Waals surface area contributed by atoms with Crippen molar-refractivity contribution in [2.45, 2.75) is 38.3 Å². The minimum atomic E-state index is -1.35. The van der Waals surface area contributed by atoms with Crippen LogP contribution in [0.2, 0.25) is 0 Å². The Bertz CT molecular complexity index is 1490. The first-order valence-electron chi connectivity index (χ1n) is 14.1. The number of carbonyl (C=O) groups is 2. The van der Waals surface area contributed by atoms with Crippen molar-refractivity contribution in [2.75, 3.05) is 33.3 Å². The number of ether oxygens (including phenoxy) is 1. The molecule has 2 amide bonds. The largest absolute Gasteiger partial charge is 0.487 e. The molecule has 0 saturated carbocycles. The van der Waals surface area contributed by atoms with E-state index in [4.69, 9.17) is 4.74 Å². The van der Waals surface area contributed by atoms with Gasteiger partial charge in [-0.05, 0) is 47.2 Å². The Balaban J connectivity index is 1.39. The molecule has 0 aliphatic carbocycles. The van der Waals surface area contributed by atoms with Crippen LogP contribution in [0, 0.1) is 17.5 Å². The molecule has 0 radical (unpaired) electrons. The molecule has 9 heteroatoms. The van der Waals surface area contributed by atoms with Crippen molar-refractivity contribution in [3.8, 4) is 5.75 Å². The Morgan fingerprint density at radius 3 is 2.45 bits per heavy atom. The number of hydrogen-bond donors (Lipinski definition) is 1. The fraction of sp³-hybridized carbons (Fsp3) is 0.333. The minimum absolute atomic E-state index is 0.000239. The van der Waals surface area contributed by atoms with Gasteiger partial charge >= 0.3 is 0 Å². The summed E-state index contributed by atoms with van der Waals surface area (Å²) in [7, 11) is 1.80. The molecular formula is C33H34F3N3O3. The average molecular weight is 578 g/mol. The predicted molar refractivity (Wildman–Crippen MR) is 154 cm³/mol. The van der Waals surface area contributed by atoms with Gasteiger partial charge in [0.05, 0.1) is 12.6 Å². The van der Waals surface area contributed by atoms with E-state index in [1.54, 1.807) is 23.8 Å². The SMILES string of the molecule is CC(=O)N1CC2CC(c3cccc(CCOc4c(F)ccc(F)c4F)c3)=C(C(=O)N(C)CCc3ccccc3)[C@@H](C1)N2. The number of fused-ring (bicyclic) bond motifs is 2. The molecule has 0 aromatic heterocycles. The van der Waals surface area contributed by atoms with Gasteiger partial charge < -0.3 is 19.9 Å². The fourth-order valence-corrected chi connectivity index (χ4v) is 5.70. The van der Waals surface area contributed by atoms with Crippen LogP contribution in [0.4, 0.5) is 13.2 Å². The van der Waals surface area contributed by atoms with Gasteiger partial charge in [-0.25, -0.2) is 8.78 Å². The lowest BCUT2D eigenvalue weighted by Crippen LogP contribution is -2.61. The van der Waals surface area contributed by atoms with Crippen LogP contribution >= 0.6 is 0 Å². The zero-order chi connectivity index (χ0) is 29.8. The number of likely N-dealkylation sites (N-methyl/N-ethyl adjacent to an activating group) is 1. The van der Waals surface area contributed by atoms with E-state index < -0.39 is 23.2 Å². The van der Waals surface area contributed by atoms with Crippen molar-refractivity contribution in [2.24, 2.45) is 0 Å². The van der Waals surface area contributed by atoms with E-state index in [1.165, 1.54) is 0 Å². The highest BCUT2D eigenvalue weighted by Gasteiger charge is 2.39. The lowest BCUT2D eigenvalue weighted by atomic mass is 9.82. The second-order valence-corrected chi connectivity index (χ2v) is 10.9. The first-order valence-corrected chi connectivity index (χ1v) is 14.1. The summed E-state index contributed by atoms with van der Waals surface area (Å²) >= 11 is 0. The molecule has 220 valence electrons. The first kappa shape index (κ1) is 29.4. The smallest absolute Gasteiger partial charge is 0.251 e. The molecule has 3 aromatic carbocycles. The lowest BCUT2D eigenvalue weighted by molar-refractivity contribution is -0.132. The summed E-state index contributed by atoms with van der Waals surface area (Å²) in [5, 5.41) is 3.56. The molecule has 2 heterocycles. The summed E-state index contributed by atoms with van der Waals surface area (Å²) < 4.78 is 46.8. The van der Waals surface area contributed by atoms with E-state index in [9.17, 15) is 22.8 Å². The van der Waals surface area contributed by atoms with Gasteiger partial charge in [0.25, 0.3) is 5.91 Å². The van der Waals surface area contributed by atoms with Crippen LogP contribution in [0.5, 0.6) is 5.75 Å². The van der Waals surface area contributed by atoms with Crippen molar-refractivity contribution < 1.29 is 27.5 Å². The van der Waals surface area contributed by atoms with Gasteiger partial charge in [-0.3, -0.25) is 9.59 Å². The van der Waals surface area contributed by atoms with Gasteiger partial charge in [-0.1, -0.05) is 54.6 Å². The molecule has 6 nitrogen and oxygen atoms in total. The summed E-state index contributed by atoms with van der Waals surface area (Å²) in [5.74, 6) is -4.34. The summed E-state index contributed by atoms with van der Waals surface area (Å²) in [6.45, 7) is 2.98. The molecule has 2 aliphatic heterocycles. The number of benzene rings is 3. The van der Waals surface area contributed by atoms with E-state index in [0.717, 1.165) is 34.4 Å². The second kappa shape index (κ2) is 12.8. The molecule has 1 fully saturated rings. The number of amides is 2. The number of hydrogen-bond acceptors (Lipinski definition) is 4. The van der Waals surface area contributed by atoms with Crippen molar-refractivity contribution in [3.05, 3.63) is 106 Å². The maximum absolute atomic E-state index is 14.0. The molecule has 1 N–H and O–H groups in total. The number of piperazine rings is 1. The standard InChI is InChI=1S/C33H34F3N3O3/c1-21(40)39-19-25-18-26(30(29(20-39)37-25)33(41)38(2)15-13-22-7-4-3-5-8-22)24-10-6-9-23(17-24)14-16-42-32-28(35)12-11-27(34)31(32)36/h3-12,17,25,29,37H,13-16,18-20H2,1-2H3/t25?,29-/m1/s1. The van der Waals surface area contributed by atoms with E-state index in [2.05, 4.69) is 5.32 Å². The number of nitrogens with zero attached hydrogens (tertiary/aromatic N) is 2. The van der Waals surface area contributed by atoms with E-state index in [0.29, 0.717) is 44.5 Å². The maximum Gasteiger partial charge on any atom is 0.251 e. The topological polar surface area (TPSA) is 61.9 Å². The summed E-state index contributed by atoms with van der Waals surface area (Å²) in [6.07, 6.45) is 1.60. The van der Waals surface area contributed by atoms with Gasteiger partial charge in [0.2, 0.25) is 11.7 Å². The lowest BCUT2D eigenvalue weighted by Gasteiger charge is -2.44. The summed E-state index contributed by atoms with van der Waals surface area (Å²) in [6, 6.07) is 18.9. The van der Waals surface area contributed by atoms with Crippen LogP contribution in [0.25, 0.3) is 5.57 Å². The minimum Gasteiger partial charge on any atom is -0.487 e. The summed E-state index contributed by atoms with van der Waals surface area (Å²) in [5.41, 5.74) is 4.43. The van der Waals surface area contributed by atoms with Crippen LogP contribution in [-0.2, 0) is 22.4 Å². The number of halogens is 3. The Hall–Kier alpha value is -4.11. The number of carbonyl (C=O) groups excluding carboxylic acids is 2. The van der Waals surface area contributed by atoms with Crippen LogP contribution in [0.15, 0.2) is 72.3 Å². The Kier molecular flexibility index (Phi) is 8.97. The van der Waals surface area contributed by atoms with E-state index in [-0.39, 0.29) is 30.5 Å². The van der Waals surface area contributed by atoms with Gasteiger partial charge in [-0.2, -0.15) is 4.39 Å². The van der Waals surface area contributed by atoms with Crippen LogP contribution in [-0.4, -0.2) is 67.0 Å². The van der Waals surface area contributed by atoms with E-state index in [1.807, 2.05) is 54.6 Å². The molecule has 2 atom stereocenters. The zero-order valence-electron chi connectivity index (χ0n) is 23.7. The monoisotopic (exact) mass is 577 g/mol. The van der Waals surface area contributed by atoms with Crippen molar-refractivity contribution >= 4 is 17.4 Å². The Morgan fingerprint density at radius 1 is 0.952 bits per heavy atom. The van der Waals surface area contributed by atoms with Crippen LogP contribution < -0.4 is 10.1 Å². The third-order valence-electron chi connectivity index (χ3n) is 7.92. The number of rotatable bonds is 9. The normalized spacial score (nSPS) is 18.2. The Labute approximate surface area is 243 Å². The highest BCUT2D eigenvalue weighted by atomic mass is 19.2. The number of nitrogens with one attached hydrogen (secondary N) is 1. The van der Waals surface area contributed by atoms with Crippen molar-refractivity contribution in [1.82, 2.24) is 15.1 Å². The molecule has 5 rings (SSSR count). The second-order valence-electron chi connectivity index (χ2n) is 10.9. The quantitative estimate of drug-likeness (QED) is 0.372. The molecule has 42 heavy (non-hydrogen) atoms. The predicted octanol–water partition coefficient (Wildman–Crippen LogP) is 4.77. The highest BCUT2D eigenvalue weighted by molar-refractivity contribution is 6.03. The van der Waals surface area contributed by atoms with Crippen molar-refractivity contribution in [1.29, 1.82) is 0 Å². The van der Waals surface area contributed by atoms with Gasteiger partial charge in [-0.15, -0.1) is 0 Å². The molecule has 2 bridgehead atoms. The molecule has 1 unspecified atom stereocenters. The van der Waals surface area contributed by atoms with Crippen LogP contribution in [0.1, 0.15) is 30.0 Å². The van der Waals surface area contributed by atoms with Crippen LogP contribution in [0.3, 0.4) is 0 Å². The molecule has 3 aromatic rings. The molecule has 2 aliphatic rings. The zero-order valence-corrected chi connectivity index (χ0v) is 23.7. The highest BCUT2D eigenvalue weighted by Crippen LogP contribution is 2.34. The Morgan fingerprint density at radius 2 is 1.69 bits per heavy atom. The maximum atomic E-state index is 14.0. The first-order chi connectivity index (χ1) is 20.2. The summed E-state index contributed by atoms with van der Waals surface area (Å²) in [4.78, 5) is 29.8. The molecule has 1 saturated heterocycles. The average Bonchev–Trinajstić information content (AvgIpc) is 2.99. The van der Waals surface area contributed by atoms with Crippen molar-refractivity contribution in [3.63, 3.8) is 0 Å². The fourth-order valence-electron chi connectivity index (χ4n) is 5.70. The van der Waals surface area contributed by atoms with Gasteiger partial charge in [0.15, 0.2) is 17.4 Å². The van der Waals surface area contributed by atoms with Gasteiger partial charge in [0, 0.05) is 51.6 Å².